The fraction of sp³-hybridized carbons (Fsp3) is 0.238. The van der Waals surface area contributed by atoms with Gasteiger partial charge in [0.2, 0.25) is 5.91 Å². The minimum absolute atomic E-state index is 0.0194. The van der Waals surface area contributed by atoms with Crippen molar-refractivity contribution in [3.05, 3.63) is 59.1 Å². The van der Waals surface area contributed by atoms with Gasteiger partial charge in [0.15, 0.2) is 11.7 Å². The number of benzene rings is 2. The van der Waals surface area contributed by atoms with Gasteiger partial charge in [-0.25, -0.2) is 4.98 Å². The molecule has 0 radical (unpaired) electrons. The number of fused-ring (bicyclic) bond motifs is 1. The first-order chi connectivity index (χ1) is 13.1. The van der Waals surface area contributed by atoms with Crippen molar-refractivity contribution < 1.29 is 9.59 Å². The van der Waals surface area contributed by atoms with E-state index in [1.54, 1.807) is 24.3 Å². The molecule has 0 saturated heterocycles. The second kappa shape index (κ2) is 6.93. The van der Waals surface area contributed by atoms with Gasteiger partial charge in [-0.05, 0) is 48.7 Å². The number of carbonyl (C=O) groups is 2. The van der Waals surface area contributed by atoms with Crippen LogP contribution in [0.5, 0.6) is 0 Å². The fourth-order valence-electron chi connectivity index (χ4n) is 3.05. The van der Waals surface area contributed by atoms with Crippen molar-refractivity contribution in [2.45, 2.75) is 19.3 Å². The van der Waals surface area contributed by atoms with Gasteiger partial charge in [0.25, 0.3) is 0 Å². The zero-order chi connectivity index (χ0) is 19.0. The molecule has 27 heavy (non-hydrogen) atoms. The van der Waals surface area contributed by atoms with Crippen molar-refractivity contribution in [3.63, 3.8) is 0 Å². The summed E-state index contributed by atoms with van der Waals surface area (Å²) in [5.41, 5.74) is 1.88. The summed E-state index contributed by atoms with van der Waals surface area (Å²) in [7, 11) is 0. The Bertz CT molecular complexity index is 1030. The summed E-state index contributed by atoms with van der Waals surface area (Å²) in [4.78, 5) is 29.2. The number of nitrogens with zero attached hydrogens (tertiary/aromatic N) is 2. The Morgan fingerprint density at radius 1 is 1.22 bits per heavy atom. The first kappa shape index (κ1) is 17.4. The maximum Gasteiger partial charge on any atom is 0.227 e. The molecular formula is C21H17N3O2S. The monoisotopic (exact) mass is 375 g/mol. The third kappa shape index (κ3) is 3.46. The quantitative estimate of drug-likeness (QED) is 0.671. The van der Waals surface area contributed by atoms with Crippen LogP contribution in [0.25, 0.3) is 10.2 Å². The molecule has 5 nitrogen and oxygen atoms in total. The number of nitrogens with one attached hydrogen (secondary N) is 1. The summed E-state index contributed by atoms with van der Waals surface area (Å²) in [6.07, 6.45) is 0.925. The van der Waals surface area contributed by atoms with Crippen LogP contribution in [-0.2, 0) is 4.79 Å². The number of amides is 1. The highest BCUT2D eigenvalue weighted by molar-refractivity contribution is 7.18. The largest absolute Gasteiger partial charge is 0.326 e. The summed E-state index contributed by atoms with van der Waals surface area (Å²) in [5.74, 6) is -0.671. The number of thiazole rings is 1. The summed E-state index contributed by atoms with van der Waals surface area (Å²) in [5, 5.41) is 12.9. The van der Waals surface area contributed by atoms with Crippen molar-refractivity contribution >= 4 is 38.9 Å². The van der Waals surface area contributed by atoms with E-state index < -0.39 is 5.92 Å². The van der Waals surface area contributed by atoms with Crippen LogP contribution in [0, 0.1) is 23.2 Å². The number of nitriles is 1. The fourth-order valence-corrected chi connectivity index (χ4v) is 4.06. The lowest BCUT2D eigenvalue weighted by molar-refractivity contribution is -0.117. The van der Waals surface area contributed by atoms with Crippen molar-refractivity contribution in [2.75, 3.05) is 5.32 Å². The van der Waals surface area contributed by atoms with E-state index >= 15 is 0 Å². The molecule has 3 unspecified atom stereocenters. The SMILES string of the molecule is CC1CC1C(=O)Nc1ccc(C(=O)C(C#N)c2nc3ccccc3s2)cc1. The van der Waals surface area contributed by atoms with Crippen LogP contribution in [0.15, 0.2) is 48.5 Å². The van der Waals surface area contributed by atoms with Gasteiger partial charge < -0.3 is 5.32 Å². The van der Waals surface area contributed by atoms with E-state index in [1.165, 1.54) is 11.3 Å². The van der Waals surface area contributed by atoms with Crippen molar-refractivity contribution in [3.8, 4) is 6.07 Å². The molecule has 3 atom stereocenters. The molecule has 0 aliphatic heterocycles. The van der Waals surface area contributed by atoms with E-state index in [2.05, 4.69) is 23.3 Å². The highest BCUT2D eigenvalue weighted by atomic mass is 32.1. The molecule has 3 aromatic rings. The molecule has 1 heterocycles. The lowest BCUT2D eigenvalue weighted by atomic mass is 9.99. The van der Waals surface area contributed by atoms with E-state index in [9.17, 15) is 14.9 Å². The molecule has 1 saturated carbocycles. The first-order valence-corrected chi connectivity index (χ1v) is 9.58. The molecule has 1 aliphatic rings. The Labute approximate surface area is 160 Å². The third-order valence-electron chi connectivity index (χ3n) is 4.83. The average molecular weight is 375 g/mol. The lowest BCUT2D eigenvalue weighted by Gasteiger charge is -2.08. The third-order valence-corrected chi connectivity index (χ3v) is 5.93. The van der Waals surface area contributed by atoms with Crippen LogP contribution >= 0.6 is 11.3 Å². The first-order valence-electron chi connectivity index (χ1n) is 8.77. The summed E-state index contributed by atoms with van der Waals surface area (Å²) < 4.78 is 0.952. The van der Waals surface area contributed by atoms with E-state index in [-0.39, 0.29) is 17.6 Å². The number of ketones is 1. The highest BCUT2D eigenvalue weighted by Gasteiger charge is 2.39. The zero-order valence-corrected chi connectivity index (χ0v) is 15.5. The zero-order valence-electron chi connectivity index (χ0n) is 14.7. The van der Waals surface area contributed by atoms with E-state index in [0.717, 1.165) is 16.6 Å². The number of rotatable bonds is 5. The predicted molar refractivity (Wildman–Crippen MR) is 105 cm³/mol. The maximum atomic E-state index is 12.8. The normalized spacial score (nSPS) is 19.3. The maximum absolute atomic E-state index is 12.8. The number of hydrogen-bond acceptors (Lipinski definition) is 5. The molecule has 4 rings (SSSR count). The molecule has 1 aliphatic carbocycles. The summed E-state index contributed by atoms with van der Waals surface area (Å²) in [6.45, 7) is 2.05. The number of aromatic nitrogens is 1. The molecule has 1 N–H and O–H groups in total. The van der Waals surface area contributed by atoms with Gasteiger partial charge in [-0.2, -0.15) is 5.26 Å². The van der Waals surface area contributed by atoms with Gasteiger partial charge in [0, 0.05) is 17.2 Å². The van der Waals surface area contributed by atoms with Crippen molar-refractivity contribution in [1.29, 1.82) is 5.26 Å². The molecule has 134 valence electrons. The van der Waals surface area contributed by atoms with Crippen LogP contribution < -0.4 is 5.32 Å². The lowest BCUT2D eigenvalue weighted by Crippen LogP contribution is -2.15. The number of hydrogen-bond donors (Lipinski definition) is 1. The van der Waals surface area contributed by atoms with Gasteiger partial charge in [0.05, 0.1) is 16.3 Å². The van der Waals surface area contributed by atoms with Gasteiger partial charge in [-0.15, -0.1) is 11.3 Å². The molecule has 2 aromatic carbocycles. The molecular weight excluding hydrogens is 358 g/mol. The second-order valence-corrected chi connectivity index (χ2v) is 7.89. The van der Waals surface area contributed by atoms with Gasteiger partial charge in [-0.1, -0.05) is 19.1 Å². The summed E-state index contributed by atoms with van der Waals surface area (Å²) >= 11 is 1.36. The minimum atomic E-state index is -0.935. The number of anilines is 1. The molecule has 0 bridgehead atoms. The van der Waals surface area contributed by atoms with Crippen LogP contribution in [0.4, 0.5) is 5.69 Å². The number of para-hydroxylation sites is 1. The van der Waals surface area contributed by atoms with Crippen molar-refractivity contribution in [1.82, 2.24) is 4.98 Å². The van der Waals surface area contributed by atoms with Crippen LogP contribution in [0.2, 0.25) is 0 Å². The number of Topliss-reactive ketones (excluding diaryl/α,β-unsaturated/α-hetero) is 1. The van der Waals surface area contributed by atoms with Crippen LogP contribution in [0.1, 0.15) is 34.6 Å². The van der Waals surface area contributed by atoms with E-state index in [1.807, 2.05) is 24.3 Å². The van der Waals surface area contributed by atoms with Gasteiger partial charge >= 0.3 is 0 Å². The molecule has 0 spiro atoms. The Morgan fingerprint density at radius 3 is 2.56 bits per heavy atom. The molecule has 1 amide bonds. The van der Waals surface area contributed by atoms with Gasteiger partial charge in [-0.3, -0.25) is 9.59 Å². The second-order valence-electron chi connectivity index (χ2n) is 6.83. The topological polar surface area (TPSA) is 82.9 Å². The Hall–Kier alpha value is -3.04. The van der Waals surface area contributed by atoms with Gasteiger partial charge in [0.1, 0.15) is 5.01 Å². The standard InChI is InChI=1S/C21H17N3O2S/c1-12-10-15(12)20(26)23-14-8-6-13(7-9-14)19(25)16(11-22)21-24-17-4-2-3-5-18(17)27-21/h2-9,12,15-16H,10H2,1H3,(H,23,26). The number of carbonyl (C=O) groups excluding carboxylic acids is 2. The summed E-state index contributed by atoms with van der Waals surface area (Å²) in [6, 6.07) is 16.3. The van der Waals surface area contributed by atoms with Crippen LogP contribution in [-0.4, -0.2) is 16.7 Å². The Balaban J connectivity index is 1.52. The smallest absolute Gasteiger partial charge is 0.227 e. The van der Waals surface area contributed by atoms with E-state index in [0.29, 0.717) is 22.2 Å². The average Bonchev–Trinajstić information content (AvgIpc) is 3.26. The Morgan fingerprint density at radius 2 is 1.93 bits per heavy atom. The minimum Gasteiger partial charge on any atom is -0.326 e. The van der Waals surface area contributed by atoms with Crippen molar-refractivity contribution in [2.24, 2.45) is 11.8 Å². The highest BCUT2D eigenvalue weighted by Crippen LogP contribution is 2.38. The molecule has 6 heteroatoms. The molecule has 1 fully saturated rings. The Kier molecular flexibility index (Phi) is 4.46. The van der Waals surface area contributed by atoms with Crippen LogP contribution in [0.3, 0.4) is 0 Å². The predicted octanol–water partition coefficient (Wildman–Crippen LogP) is 4.38. The van der Waals surface area contributed by atoms with E-state index in [4.69, 9.17) is 0 Å². The molecule has 1 aromatic heterocycles.